The van der Waals surface area contributed by atoms with Gasteiger partial charge in [-0.15, -0.1) is 0 Å². The Balaban J connectivity index is 2.26. The van der Waals surface area contributed by atoms with E-state index in [9.17, 15) is 0 Å². The Morgan fingerprint density at radius 1 is 1.30 bits per heavy atom. The maximum atomic E-state index is 4.40. The molecule has 2 aromatic heterocycles. The molecule has 0 saturated heterocycles. The van der Waals surface area contributed by atoms with E-state index in [1.807, 2.05) is 13.0 Å². The van der Waals surface area contributed by atoms with Gasteiger partial charge < -0.3 is 10.6 Å². The molecule has 0 radical (unpaired) electrons. The number of anilines is 2. The minimum atomic E-state index is 0.285. The highest BCUT2D eigenvalue weighted by Gasteiger charge is 2.10. The lowest BCUT2D eigenvalue weighted by Gasteiger charge is -2.14. The lowest BCUT2D eigenvalue weighted by Crippen LogP contribution is -2.21. The van der Waals surface area contributed by atoms with Gasteiger partial charge in [-0.1, -0.05) is 0 Å². The van der Waals surface area contributed by atoms with E-state index in [4.69, 9.17) is 0 Å². The first-order valence-corrected chi connectivity index (χ1v) is 7.87. The molecule has 0 bridgehead atoms. The second kappa shape index (κ2) is 7.09. The summed E-state index contributed by atoms with van der Waals surface area (Å²) in [6.07, 6.45) is 5.57. The molecule has 2 rings (SSSR count). The monoisotopic (exact) mass is 293 g/mol. The molecule has 0 aliphatic heterocycles. The molecule has 0 fully saturated rings. The summed E-state index contributed by atoms with van der Waals surface area (Å²) in [6.45, 7) is 4.85. The second-order valence-corrected chi connectivity index (χ2v) is 5.17. The third-order valence-electron chi connectivity index (χ3n) is 2.46. The van der Waals surface area contributed by atoms with Crippen molar-refractivity contribution in [3.05, 3.63) is 18.5 Å². The van der Waals surface area contributed by atoms with Crippen molar-refractivity contribution >= 4 is 23.7 Å². The molecule has 8 heteroatoms. The van der Waals surface area contributed by atoms with Crippen LogP contribution in [0.1, 0.15) is 13.8 Å². The van der Waals surface area contributed by atoms with Crippen molar-refractivity contribution in [2.45, 2.75) is 19.9 Å². The van der Waals surface area contributed by atoms with Crippen molar-refractivity contribution in [1.29, 1.82) is 0 Å². The Kier molecular flexibility index (Phi) is 5.16. The molecule has 0 amide bonds. The molecule has 7 nitrogen and oxygen atoms in total. The van der Waals surface area contributed by atoms with Crippen LogP contribution in [0.2, 0.25) is 0 Å². The number of hydrogen-bond acceptors (Lipinski definition) is 7. The fraction of sp³-hybridized carbons (Fsp3) is 0.500. The van der Waals surface area contributed by atoms with Crippen LogP contribution >= 0.6 is 11.8 Å². The van der Waals surface area contributed by atoms with Crippen molar-refractivity contribution < 1.29 is 0 Å². The molecule has 0 aromatic carbocycles. The van der Waals surface area contributed by atoms with E-state index in [2.05, 4.69) is 43.9 Å². The summed E-state index contributed by atoms with van der Waals surface area (Å²) < 4.78 is 1.62. The Morgan fingerprint density at radius 3 is 2.75 bits per heavy atom. The number of thioether (sulfide) groups is 1. The van der Waals surface area contributed by atoms with E-state index in [0.717, 1.165) is 12.3 Å². The molecule has 0 saturated carbocycles. The fourth-order valence-electron chi connectivity index (χ4n) is 1.67. The number of aromatic nitrogens is 5. The number of rotatable bonds is 7. The van der Waals surface area contributed by atoms with E-state index in [1.165, 1.54) is 0 Å². The SMILES string of the molecule is CCNc1nc(NC(C)CSC)nc(-n2cccn2)n1. The molecule has 0 aliphatic rings. The molecular formula is C12H19N7S. The number of nitrogens with one attached hydrogen (secondary N) is 2. The zero-order valence-electron chi connectivity index (χ0n) is 11.9. The van der Waals surface area contributed by atoms with Crippen molar-refractivity contribution in [3.8, 4) is 5.95 Å². The van der Waals surface area contributed by atoms with Crippen molar-refractivity contribution in [3.63, 3.8) is 0 Å². The van der Waals surface area contributed by atoms with E-state index in [-0.39, 0.29) is 6.04 Å². The van der Waals surface area contributed by atoms with Crippen LogP contribution in [0.3, 0.4) is 0 Å². The van der Waals surface area contributed by atoms with Crippen LogP contribution < -0.4 is 10.6 Å². The van der Waals surface area contributed by atoms with Crippen LogP contribution in [-0.4, -0.2) is 49.3 Å². The van der Waals surface area contributed by atoms with Gasteiger partial charge in [-0.3, -0.25) is 0 Å². The Morgan fingerprint density at radius 2 is 2.10 bits per heavy atom. The standard InChI is InChI=1S/C12H19N7S/c1-4-13-10-16-11(15-9(2)8-20-3)18-12(17-10)19-7-5-6-14-19/h5-7,9H,4,8H2,1-3H3,(H2,13,15,16,17,18). The van der Waals surface area contributed by atoms with Crippen molar-refractivity contribution in [2.24, 2.45) is 0 Å². The molecule has 0 spiro atoms. The zero-order valence-corrected chi connectivity index (χ0v) is 12.7. The summed E-state index contributed by atoms with van der Waals surface area (Å²) in [5.41, 5.74) is 0. The predicted octanol–water partition coefficient (Wildman–Crippen LogP) is 1.65. The van der Waals surface area contributed by atoms with Crippen LogP contribution in [0.15, 0.2) is 18.5 Å². The Hall–Kier alpha value is -1.83. The van der Waals surface area contributed by atoms with E-state index < -0.39 is 0 Å². The molecule has 2 heterocycles. The van der Waals surface area contributed by atoms with E-state index in [0.29, 0.717) is 17.8 Å². The first-order valence-electron chi connectivity index (χ1n) is 6.48. The van der Waals surface area contributed by atoms with Crippen molar-refractivity contribution in [1.82, 2.24) is 24.7 Å². The van der Waals surface area contributed by atoms with Gasteiger partial charge in [-0.05, 0) is 26.2 Å². The maximum absolute atomic E-state index is 4.40. The lowest BCUT2D eigenvalue weighted by atomic mass is 10.4. The number of nitrogens with zero attached hydrogens (tertiary/aromatic N) is 5. The summed E-state index contributed by atoms with van der Waals surface area (Å²) in [5.74, 6) is 2.59. The topological polar surface area (TPSA) is 80.5 Å². The molecule has 20 heavy (non-hydrogen) atoms. The molecule has 2 N–H and O–H groups in total. The minimum absolute atomic E-state index is 0.285. The molecule has 0 aliphatic carbocycles. The lowest BCUT2D eigenvalue weighted by molar-refractivity contribution is 0.787. The van der Waals surface area contributed by atoms with Gasteiger partial charge >= 0.3 is 0 Å². The summed E-state index contributed by atoms with van der Waals surface area (Å²) in [6, 6.07) is 2.12. The molecular weight excluding hydrogens is 274 g/mol. The van der Waals surface area contributed by atoms with Crippen LogP contribution in [0, 0.1) is 0 Å². The predicted molar refractivity (Wildman–Crippen MR) is 82.6 cm³/mol. The average Bonchev–Trinajstić information content (AvgIpc) is 2.93. The quantitative estimate of drug-likeness (QED) is 0.803. The third kappa shape index (κ3) is 3.83. The largest absolute Gasteiger partial charge is 0.354 e. The highest BCUT2D eigenvalue weighted by Crippen LogP contribution is 2.10. The van der Waals surface area contributed by atoms with Crippen LogP contribution in [0.25, 0.3) is 5.95 Å². The molecule has 108 valence electrons. The third-order valence-corrected chi connectivity index (χ3v) is 3.29. The minimum Gasteiger partial charge on any atom is -0.354 e. The van der Waals surface area contributed by atoms with Crippen molar-refractivity contribution in [2.75, 3.05) is 29.2 Å². The first kappa shape index (κ1) is 14.6. The van der Waals surface area contributed by atoms with Gasteiger partial charge in [0.1, 0.15) is 0 Å². The van der Waals surface area contributed by atoms with Gasteiger partial charge in [0.15, 0.2) is 0 Å². The molecule has 1 unspecified atom stereocenters. The number of hydrogen-bond donors (Lipinski definition) is 2. The normalized spacial score (nSPS) is 12.2. The van der Waals surface area contributed by atoms with Gasteiger partial charge in [0, 0.05) is 30.7 Å². The second-order valence-electron chi connectivity index (χ2n) is 4.26. The van der Waals surface area contributed by atoms with Gasteiger partial charge in [0.2, 0.25) is 11.9 Å². The smallest absolute Gasteiger partial charge is 0.257 e. The van der Waals surface area contributed by atoms with Crippen LogP contribution in [0.5, 0.6) is 0 Å². The fourth-order valence-corrected chi connectivity index (χ4v) is 2.25. The van der Waals surface area contributed by atoms with Gasteiger partial charge in [-0.2, -0.15) is 31.8 Å². The van der Waals surface area contributed by atoms with Crippen LogP contribution in [-0.2, 0) is 0 Å². The zero-order chi connectivity index (χ0) is 14.4. The molecule has 2 aromatic rings. The summed E-state index contributed by atoms with van der Waals surface area (Å²) in [7, 11) is 0. The van der Waals surface area contributed by atoms with E-state index in [1.54, 1.807) is 28.8 Å². The van der Waals surface area contributed by atoms with Gasteiger partial charge in [-0.25, -0.2) is 4.68 Å². The van der Waals surface area contributed by atoms with Gasteiger partial charge in [0.05, 0.1) is 0 Å². The van der Waals surface area contributed by atoms with E-state index >= 15 is 0 Å². The maximum Gasteiger partial charge on any atom is 0.257 e. The summed E-state index contributed by atoms with van der Waals surface area (Å²) >= 11 is 1.78. The highest BCUT2D eigenvalue weighted by atomic mass is 32.2. The van der Waals surface area contributed by atoms with Crippen LogP contribution in [0.4, 0.5) is 11.9 Å². The summed E-state index contributed by atoms with van der Waals surface area (Å²) in [5, 5.41) is 10.5. The highest BCUT2D eigenvalue weighted by molar-refractivity contribution is 7.98. The summed E-state index contributed by atoms with van der Waals surface area (Å²) in [4.78, 5) is 13.1. The van der Waals surface area contributed by atoms with Gasteiger partial charge in [0.25, 0.3) is 5.95 Å². The Bertz CT molecular complexity index is 529. The first-order chi connectivity index (χ1) is 9.72. The Labute approximate surface area is 122 Å². The molecule has 1 atom stereocenters. The average molecular weight is 293 g/mol.